The number of aliphatic imine (C=N–C) groups is 1. The topological polar surface area (TPSA) is 99.9 Å². The first-order valence-corrected chi connectivity index (χ1v) is 6.94. The Hall–Kier alpha value is -2.02. The molecule has 0 saturated heterocycles. The highest BCUT2D eigenvalue weighted by molar-refractivity contribution is 9.10. The molecule has 0 aliphatic carbocycles. The zero-order valence-corrected chi connectivity index (χ0v) is 13.0. The number of aromatic nitrogens is 1. The lowest BCUT2D eigenvalue weighted by molar-refractivity contribution is -0.140. The summed E-state index contributed by atoms with van der Waals surface area (Å²) >= 11 is 3.27. The molecule has 1 aliphatic heterocycles. The van der Waals surface area contributed by atoms with Gasteiger partial charge < -0.3 is 10.2 Å². The maximum absolute atomic E-state index is 11.6. The summed E-state index contributed by atoms with van der Waals surface area (Å²) in [7, 11) is 0. The van der Waals surface area contributed by atoms with Crippen LogP contribution in [0, 0.1) is 5.92 Å². The Morgan fingerprint density at radius 1 is 1.24 bits per heavy atom. The van der Waals surface area contributed by atoms with E-state index in [1.807, 2.05) is 0 Å². The van der Waals surface area contributed by atoms with Crippen LogP contribution in [0.15, 0.2) is 39.2 Å². The van der Waals surface area contributed by atoms with Crippen LogP contribution in [0.3, 0.4) is 0 Å². The fourth-order valence-corrected chi connectivity index (χ4v) is 2.98. The van der Waals surface area contributed by atoms with Crippen LogP contribution in [0.25, 0.3) is 0 Å². The number of rotatable bonds is 3. The molecule has 1 aromatic rings. The number of carboxylic acids is 2. The summed E-state index contributed by atoms with van der Waals surface area (Å²) in [5.41, 5.74) is 1.23. The van der Waals surface area contributed by atoms with E-state index in [1.54, 1.807) is 26.1 Å². The minimum atomic E-state index is -1.17. The van der Waals surface area contributed by atoms with Gasteiger partial charge in [-0.3, -0.25) is 14.8 Å². The number of nitrogens with zero attached hydrogens (tertiary/aromatic N) is 2. The molecule has 0 aromatic carbocycles. The Balaban J connectivity index is 2.68. The van der Waals surface area contributed by atoms with E-state index < -0.39 is 23.8 Å². The second-order valence-corrected chi connectivity index (χ2v) is 5.70. The van der Waals surface area contributed by atoms with Crippen molar-refractivity contribution in [2.75, 3.05) is 0 Å². The lowest BCUT2D eigenvalue weighted by Crippen LogP contribution is -2.34. The number of allylic oxidation sites excluding steroid dienone is 1. The van der Waals surface area contributed by atoms with E-state index in [4.69, 9.17) is 0 Å². The summed E-state index contributed by atoms with van der Waals surface area (Å²) in [6.45, 7) is 3.17. The van der Waals surface area contributed by atoms with E-state index in [-0.39, 0.29) is 5.57 Å². The number of hydrogen-bond acceptors (Lipinski definition) is 4. The molecule has 21 heavy (non-hydrogen) atoms. The summed E-state index contributed by atoms with van der Waals surface area (Å²) in [6.07, 6.45) is 3.04. The van der Waals surface area contributed by atoms with E-state index in [2.05, 4.69) is 25.9 Å². The Labute approximate surface area is 129 Å². The number of hydrogen-bond donors (Lipinski definition) is 2. The summed E-state index contributed by atoms with van der Waals surface area (Å²) < 4.78 is 0.659. The van der Waals surface area contributed by atoms with Crippen molar-refractivity contribution in [1.29, 1.82) is 0 Å². The molecule has 1 aliphatic rings. The van der Waals surface area contributed by atoms with Crippen LogP contribution < -0.4 is 0 Å². The van der Waals surface area contributed by atoms with Gasteiger partial charge in [0.2, 0.25) is 0 Å². The summed E-state index contributed by atoms with van der Waals surface area (Å²) in [4.78, 5) is 31.2. The van der Waals surface area contributed by atoms with Gasteiger partial charge in [-0.15, -0.1) is 0 Å². The third kappa shape index (κ3) is 2.87. The normalized spacial score (nSPS) is 22.0. The molecule has 7 heteroatoms. The van der Waals surface area contributed by atoms with Gasteiger partial charge in [0.25, 0.3) is 0 Å². The molecule has 2 N–H and O–H groups in total. The van der Waals surface area contributed by atoms with Crippen LogP contribution in [0.2, 0.25) is 0 Å². The molecule has 0 spiro atoms. The highest BCUT2D eigenvalue weighted by Gasteiger charge is 2.41. The van der Waals surface area contributed by atoms with Crippen molar-refractivity contribution in [3.8, 4) is 0 Å². The first-order valence-electron chi connectivity index (χ1n) is 6.15. The fraction of sp³-hybridized carbons (Fsp3) is 0.286. The molecule has 6 nitrogen and oxygen atoms in total. The first-order chi connectivity index (χ1) is 9.82. The van der Waals surface area contributed by atoms with Gasteiger partial charge in [0, 0.05) is 34.2 Å². The number of pyridine rings is 1. The predicted molar refractivity (Wildman–Crippen MR) is 79.2 cm³/mol. The number of halogens is 1. The molecule has 2 heterocycles. The SMILES string of the molecule is CC1=NC(C)=C(C(=O)O)C(c2cncc(Br)c2)C1C(=O)O. The van der Waals surface area contributed by atoms with Crippen LogP contribution >= 0.6 is 15.9 Å². The van der Waals surface area contributed by atoms with Gasteiger partial charge >= 0.3 is 11.9 Å². The van der Waals surface area contributed by atoms with Crippen LogP contribution in [-0.2, 0) is 9.59 Å². The minimum absolute atomic E-state index is 0.00657. The third-order valence-corrected chi connectivity index (χ3v) is 3.84. The molecule has 0 radical (unpaired) electrons. The molecule has 0 fully saturated rings. The Morgan fingerprint density at radius 3 is 2.43 bits per heavy atom. The van der Waals surface area contributed by atoms with Crippen molar-refractivity contribution in [3.63, 3.8) is 0 Å². The van der Waals surface area contributed by atoms with Crippen molar-refractivity contribution in [2.24, 2.45) is 10.9 Å². The van der Waals surface area contributed by atoms with Gasteiger partial charge in [0.1, 0.15) is 5.92 Å². The van der Waals surface area contributed by atoms with Crippen LogP contribution in [0.5, 0.6) is 0 Å². The largest absolute Gasteiger partial charge is 0.481 e. The number of carboxylic acid groups (broad SMARTS) is 2. The zero-order chi connectivity index (χ0) is 15.7. The van der Waals surface area contributed by atoms with Crippen LogP contribution in [-0.4, -0.2) is 32.8 Å². The van der Waals surface area contributed by atoms with E-state index in [9.17, 15) is 19.8 Å². The molecule has 110 valence electrons. The third-order valence-electron chi connectivity index (χ3n) is 3.41. The Kier molecular flexibility index (Phi) is 4.22. The number of aliphatic carboxylic acids is 2. The van der Waals surface area contributed by atoms with Gasteiger partial charge in [-0.2, -0.15) is 0 Å². The highest BCUT2D eigenvalue weighted by Crippen LogP contribution is 2.39. The van der Waals surface area contributed by atoms with Gasteiger partial charge in [0.05, 0.1) is 5.57 Å². The average molecular weight is 353 g/mol. The van der Waals surface area contributed by atoms with Crippen LogP contribution in [0.1, 0.15) is 25.3 Å². The molecule has 1 aromatic heterocycles. The molecule has 2 unspecified atom stereocenters. The first kappa shape index (κ1) is 15.4. The lowest BCUT2D eigenvalue weighted by atomic mass is 9.76. The molecular weight excluding hydrogens is 340 g/mol. The summed E-state index contributed by atoms with van der Waals surface area (Å²) in [6, 6.07) is 1.68. The highest BCUT2D eigenvalue weighted by atomic mass is 79.9. The van der Waals surface area contributed by atoms with Gasteiger partial charge in [0.15, 0.2) is 0 Å². The van der Waals surface area contributed by atoms with Crippen molar-refractivity contribution in [2.45, 2.75) is 19.8 Å². The zero-order valence-electron chi connectivity index (χ0n) is 11.4. The molecular formula is C14H13BrN2O4. The van der Waals surface area contributed by atoms with E-state index in [1.165, 1.54) is 6.20 Å². The second-order valence-electron chi connectivity index (χ2n) is 4.79. The average Bonchev–Trinajstić information content (AvgIpc) is 2.36. The smallest absolute Gasteiger partial charge is 0.334 e. The molecule has 2 atom stereocenters. The van der Waals surface area contributed by atoms with Crippen molar-refractivity contribution >= 4 is 33.6 Å². The lowest BCUT2D eigenvalue weighted by Gasteiger charge is -2.29. The van der Waals surface area contributed by atoms with E-state index in [0.29, 0.717) is 21.4 Å². The van der Waals surface area contributed by atoms with Crippen molar-refractivity contribution < 1.29 is 19.8 Å². The van der Waals surface area contributed by atoms with Crippen LogP contribution in [0.4, 0.5) is 0 Å². The molecule has 0 amide bonds. The van der Waals surface area contributed by atoms with Gasteiger partial charge in [-0.25, -0.2) is 4.79 Å². The standard InChI is InChI=1S/C14H13BrN2O4/c1-6-10(13(18)19)12(8-3-9(15)5-16-4-8)11(14(20)21)7(2)17-6/h3-5,10,12H,1-2H3,(H,18,19)(H,20,21). The summed E-state index contributed by atoms with van der Waals surface area (Å²) in [5, 5.41) is 18.9. The molecule has 0 bridgehead atoms. The minimum Gasteiger partial charge on any atom is -0.481 e. The molecule has 0 saturated carbocycles. The van der Waals surface area contributed by atoms with Gasteiger partial charge in [-0.05, 0) is 41.4 Å². The maximum atomic E-state index is 11.6. The predicted octanol–water partition coefficient (Wildman–Crippen LogP) is 2.46. The quantitative estimate of drug-likeness (QED) is 0.870. The Bertz CT molecular complexity index is 681. The second kappa shape index (κ2) is 5.77. The monoisotopic (exact) mass is 352 g/mol. The molecule has 2 rings (SSSR count). The van der Waals surface area contributed by atoms with Gasteiger partial charge in [-0.1, -0.05) is 0 Å². The maximum Gasteiger partial charge on any atom is 0.334 e. The van der Waals surface area contributed by atoms with Crippen molar-refractivity contribution in [1.82, 2.24) is 4.98 Å². The van der Waals surface area contributed by atoms with Crippen molar-refractivity contribution in [3.05, 3.63) is 39.8 Å². The fourth-order valence-electron chi connectivity index (χ4n) is 2.59. The number of carbonyl (C=O) groups is 2. The van der Waals surface area contributed by atoms with E-state index in [0.717, 1.165) is 0 Å². The Morgan fingerprint density at radius 2 is 1.90 bits per heavy atom. The summed E-state index contributed by atoms with van der Waals surface area (Å²) in [5.74, 6) is -4.11. The van der Waals surface area contributed by atoms with E-state index >= 15 is 0 Å².